The summed E-state index contributed by atoms with van der Waals surface area (Å²) < 4.78 is 0. The van der Waals surface area contributed by atoms with Gasteiger partial charge in [-0.3, -0.25) is 4.79 Å². The van der Waals surface area contributed by atoms with Crippen LogP contribution in [0.2, 0.25) is 0 Å². The predicted molar refractivity (Wildman–Crippen MR) is 76.4 cm³/mol. The van der Waals surface area contributed by atoms with E-state index in [2.05, 4.69) is 13.8 Å². The number of likely N-dealkylation sites (tertiary alicyclic amines) is 1. The molecule has 2 aliphatic rings. The van der Waals surface area contributed by atoms with Crippen molar-refractivity contribution in [1.29, 1.82) is 0 Å². The summed E-state index contributed by atoms with van der Waals surface area (Å²) in [5.74, 6) is -0.409. The first kappa shape index (κ1) is 15.1. The third kappa shape index (κ3) is 3.44. The van der Waals surface area contributed by atoms with Crippen LogP contribution in [0.3, 0.4) is 0 Å². The molecule has 1 saturated heterocycles. The Morgan fingerprint density at radius 2 is 1.85 bits per heavy atom. The lowest BCUT2D eigenvalue weighted by Crippen LogP contribution is -2.57. The highest BCUT2D eigenvalue weighted by molar-refractivity contribution is 5.77. The Morgan fingerprint density at radius 1 is 1.25 bits per heavy atom. The number of amides is 2. The van der Waals surface area contributed by atoms with Crippen molar-refractivity contribution in [1.82, 2.24) is 9.80 Å². The topological polar surface area (TPSA) is 60.9 Å². The maximum absolute atomic E-state index is 12.5. The number of carbonyl (C=O) groups excluding carboxylic acids is 1. The zero-order valence-corrected chi connectivity index (χ0v) is 12.7. The molecule has 0 aromatic carbocycles. The number of aliphatic carboxylic acids is 1. The minimum absolute atomic E-state index is 0.113. The minimum atomic E-state index is -0.763. The molecule has 1 atom stereocenters. The second kappa shape index (κ2) is 6.02. The zero-order chi connectivity index (χ0) is 14.9. The van der Waals surface area contributed by atoms with Gasteiger partial charge < -0.3 is 14.9 Å². The van der Waals surface area contributed by atoms with Gasteiger partial charge in [-0.15, -0.1) is 0 Å². The Hall–Kier alpha value is -1.26. The zero-order valence-electron chi connectivity index (χ0n) is 12.7. The van der Waals surface area contributed by atoms with Gasteiger partial charge >= 0.3 is 12.0 Å². The van der Waals surface area contributed by atoms with Gasteiger partial charge in [0.15, 0.2) is 0 Å². The maximum Gasteiger partial charge on any atom is 0.320 e. The van der Waals surface area contributed by atoms with Crippen LogP contribution in [0.5, 0.6) is 0 Å². The van der Waals surface area contributed by atoms with E-state index in [9.17, 15) is 9.59 Å². The summed E-state index contributed by atoms with van der Waals surface area (Å²) in [5, 5.41) is 8.98. The smallest absolute Gasteiger partial charge is 0.320 e. The van der Waals surface area contributed by atoms with Crippen LogP contribution in [0.25, 0.3) is 0 Å². The van der Waals surface area contributed by atoms with Crippen LogP contribution < -0.4 is 0 Å². The summed E-state index contributed by atoms with van der Waals surface area (Å²) in [4.78, 5) is 27.2. The maximum atomic E-state index is 12.5. The summed E-state index contributed by atoms with van der Waals surface area (Å²) in [5.41, 5.74) is 0. The summed E-state index contributed by atoms with van der Waals surface area (Å²) in [7, 11) is 0. The van der Waals surface area contributed by atoms with Gasteiger partial charge in [-0.1, -0.05) is 20.8 Å². The number of rotatable bonds is 6. The highest BCUT2D eigenvalue weighted by atomic mass is 16.4. The molecule has 0 aromatic heterocycles. The van der Waals surface area contributed by atoms with Gasteiger partial charge in [-0.25, -0.2) is 4.79 Å². The van der Waals surface area contributed by atoms with Crippen molar-refractivity contribution in [3.05, 3.63) is 0 Å². The van der Waals surface area contributed by atoms with E-state index in [0.29, 0.717) is 25.0 Å². The van der Waals surface area contributed by atoms with Crippen LogP contribution in [0.1, 0.15) is 40.0 Å². The Morgan fingerprint density at radius 3 is 2.30 bits per heavy atom. The highest BCUT2D eigenvalue weighted by Gasteiger charge is 2.41. The van der Waals surface area contributed by atoms with Crippen LogP contribution in [0, 0.1) is 17.8 Å². The molecular formula is C15H26N2O3. The van der Waals surface area contributed by atoms with E-state index in [-0.39, 0.29) is 17.9 Å². The molecule has 1 aliphatic carbocycles. The summed E-state index contributed by atoms with van der Waals surface area (Å²) in [6.45, 7) is 8.09. The van der Waals surface area contributed by atoms with E-state index in [0.717, 1.165) is 25.8 Å². The van der Waals surface area contributed by atoms with Gasteiger partial charge in [-0.05, 0) is 25.2 Å². The second-order valence-corrected chi connectivity index (χ2v) is 6.68. The molecule has 1 aliphatic heterocycles. The molecule has 2 fully saturated rings. The molecule has 0 spiro atoms. The number of urea groups is 1. The fraction of sp³-hybridized carbons (Fsp3) is 0.867. The van der Waals surface area contributed by atoms with Gasteiger partial charge in [0.1, 0.15) is 0 Å². The first-order valence-corrected chi connectivity index (χ1v) is 7.68. The number of hydrogen-bond donors (Lipinski definition) is 1. The summed E-state index contributed by atoms with van der Waals surface area (Å²) in [6, 6.07) is 0.541. The number of nitrogens with zero attached hydrogens (tertiary/aromatic N) is 2. The summed E-state index contributed by atoms with van der Waals surface area (Å²) >= 11 is 0. The molecule has 1 unspecified atom stereocenters. The van der Waals surface area contributed by atoms with E-state index in [1.807, 2.05) is 9.80 Å². The van der Waals surface area contributed by atoms with Crippen molar-refractivity contribution in [2.24, 2.45) is 17.8 Å². The van der Waals surface area contributed by atoms with Crippen molar-refractivity contribution in [2.75, 3.05) is 19.6 Å². The number of carboxylic acid groups (broad SMARTS) is 1. The first-order valence-electron chi connectivity index (χ1n) is 7.68. The Bertz CT molecular complexity index is 373. The summed E-state index contributed by atoms with van der Waals surface area (Å²) in [6.07, 6.45) is 3.27. The lowest BCUT2D eigenvalue weighted by Gasteiger charge is -2.43. The molecule has 2 amide bonds. The standard InChI is InChI=1S/C15H26N2O3/c1-10(2)6-7-17(13-4-5-13)15(20)16-8-12(9-16)11(3)14(18)19/h10-13H,4-9H2,1-3H3,(H,18,19). The third-order valence-corrected chi connectivity index (χ3v) is 4.46. The quantitative estimate of drug-likeness (QED) is 0.813. The molecular weight excluding hydrogens is 256 g/mol. The van der Waals surface area contributed by atoms with Gasteiger partial charge in [0, 0.05) is 31.6 Å². The number of carboxylic acids is 1. The van der Waals surface area contributed by atoms with Gasteiger partial charge in [0.2, 0.25) is 0 Å². The Labute approximate surface area is 120 Å². The second-order valence-electron chi connectivity index (χ2n) is 6.68. The molecule has 1 saturated carbocycles. The number of carbonyl (C=O) groups is 2. The molecule has 0 bridgehead atoms. The van der Waals surface area contributed by atoms with E-state index in [4.69, 9.17) is 5.11 Å². The minimum Gasteiger partial charge on any atom is -0.481 e. The lowest BCUT2D eigenvalue weighted by molar-refractivity contribution is -0.144. The third-order valence-electron chi connectivity index (χ3n) is 4.46. The Kier molecular flexibility index (Phi) is 4.55. The fourth-order valence-electron chi connectivity index (χ4n) is 2.59. The van der Waals surface area contributed by atoms with Crippen LogP contribution in [0.15, 0.2) is 0 Å². The fourth-order valence-corrected chi connectivity index (χ4v) is 2.59. The molecule has 2 rings (SSSR count). The molecule has 0 aromatic rings. The van der Waals surface area contributed by atoms with E-state index in [1.165, 1.54) is 0 Å². The van der Waals surface area contributed by atoms with Crippen LogP contribution in [-0.2, 0) is 4.79 Å². The van der Waals surface area contributed by atoms with Crippen molar-refractivity contribution in [3.63, 3.8) is 0 Å². The van der Waals surface area contributed by atoms with Crippen LogP contribution >= 0.6 is 0 Å². The molecule has 5 nitrogen and oxygen atoms in total. The molecule has 1 N–H and O–H groups in total. The van der Waals surface area contributed by atoms with Gasteiger partial charge in [0.05, 0.1) is 5.92 Å². The van der Waals surface area contributed by atoms with Crippen molar-refractivity contribution in [2.45, 2.75) is 46.1 Å². The van der Waals surface area contributed by atoms with Crippen LogP contribution in [-0.4, -0.2) is 52.6 Å². The molecule has 20 heavy (non-hydrogen) atoms. The Balaban J connectivity index is 1.83. The molecule has 0 radical (unpaired) electrons. The van der Waals surface area contributed by atoms with E-state index >= 15 is 0 Å². The normalized spacial score (nSPS) is 20.7. The average Bonchev–Trinajstić information content (AvgIpc) is 3.10. The predicted octanol–water partition coefficient (Wildman–Crippen LogP) is 2.27. The van der Waals surface area contributed by atoms with Gasteiger partial charge in [-0.2, -0.15) is 0 Å². The first-order chi connectivity index (χ1) is 9.40. The van der Waals surface area contributed by atoms with Gasteiger partial charge in [0.25, 0.3) is 0 Å². The van der Waals surface area contributed by atoms with E-state index in [1.54, 1.807) is 6.92 Å². The van der Waals surface area contributed by atoms with Crippen molar-refractivity contribution < 1.29 is 14.7 Å². The van der Waals surface area contributed by atoms with Crippen LogP contribution in [0.4, 0.5) is 4.79 Å². The number of hydrogen-bond acceptors (Lipinski definition) is 2. The van der Waals surface area contributed by atoms with Crippen molar-refractivity contribution in [3.8, 4) is 0 Å². The lowest BCUT2D eigenvalue weighted by atomic mass is 9.87. The monoisotopic (exact) mass is 282 g/mol. The van der Waals surface area contributed by atoms with Crippen molar-refractivity contribution >= 4 is 12.0 Å². The molecule has 1 heterocycles. The molecule has 5 heteroatoms. The molecule has 114 valence electrons. The SMILES string of the molecule is CC(C)CCN(C(=O)N1CC(C(C)C(=O)O)C1)C1CC1. The average molecular weight is 282 g/mol. The highest BCUT2D eigenvalue weighted by Crippen LogP contribution is 2.31. The van der Waals surface area contributed by atoms with E-state index < -0.39 is 5.97 Å². The largest absolute Gasteiger partial charge is 0.481 e.